The van der Waals surface area contributed by atoms with E-state index in [0.717, 1.165) is 0 Å². The normalized spacial score (nSPS) is 14.9. The summed E-state index contributed by atoms with van der Waals surface area (Å²) < 4.78 is 28.3. The largest absolute Gasteiger partial charge is 0.481 e. The van der Waals surface area contributed by atoms with Gasteiger partial charge in [-0.25, -0.2) is 19.2 Å². The van der Waals surface area contributed by atoms with Gasteiger partial charge in [-0.2, -0.15) is 0 Å². The summed E-state index contributed by atoms with van der Waals surface area (Å²) in [5, 5.41) is 12.7. The fourth-order valence-electron chi connectivity index (χ4n) is 3.26. The Hall–Kier alpha value is -3.38. The zero-order chi connectivity index (χ0) is 24.2. The molecule has 4 unspecified atom stereocenters. The second-order valence-corrected chi connectivity index (χ2v) is 9.51. The summed E-state index contributed by atoms with van der Waals surface area (Å²) in [7, 11) is -0.01000. The number of nitrogens with zero attached hydrogens (tertiary/aromatic N) is 7. The van der Waals surface area contributed by atoms with Crippen LogP contribution in [0.1, 0.15) is 44.2 Å². The average Bonchev–Trinajstić information content (AvgIpc) is 3.54. The number of hydrogen-bond donors (Lipinski definition) is 1. The van der Waals surface area contributed by atoms with Crippen LogP contribution < -0.4 is 9.46 Å². The number of pyridine rings is 1. The lowest BCUT2D eigenvalue weighted by atomic mass is 10.1. The topological polar surface area (TPSA) is 134 Å². The van der Waals surface area contributed by atoms with Crippen LogP contribution in [0.25, 0.3) is 11.5 Å². The molecule has 0 aromatic carbocycles. The summed E-state index contributed by atoms with van der Waals surface area (Å²) in [6.07, 6.45) is 4.53. The Balaban J connectivity index is 1.66. The summed E-state index contributed by atoms with van der Waals surface area (Å²) in [4.78, 5) is 13.0. The number of halogens is 1. The third-order valence-corrected chi connectivity index (χ3v) is 7.07. The molecule has 0 aliphatic rings. The first kappa shape index (κ1) is 23.8. The Morgan fingerprint density at radius 1 is 1.15 bits per heavy atom. The van der Waals surface area contributed by atoms with E-state index in [0.29, 0.717) is 39.9 Å². The molecule has 1 N–H and O–H groups in total. The van der Waals surface area contributed by atoms with Crippen LogP contribution in [0.2, 0.25) is 5.02 Å². The second-order valence-electron chi connectivity index (χ2n) is 7.54. The van der Waals surface area contributed by atoms with Crippen molar-refractivity contribution >= 4 is 28.5 Å². The molecular weight excluding hydrogens is 480 g/mol. The molecule has 34 heavy (non-hydrogen) atoms. The third kappa shape index (κ3) is 4.92. The van der Waals surface area contributed by atoms with E-state index in [2.05, 4.69) is 35.0 Å². The lowest BCUT2D eigenvalue weighted by Crippen LogP contribution is -2.26. The van der Waals surface area contributed by atoms with Crippen molar-refractivity contribution in [3.63, 3.8) is 0 Å². The smallest absolute Gasteiger partial charge is 0.237 e. The summed E-state index contributed by atoms with van der Waals surface area (Å²) in [5.41, 5.74) is 1.19. The summed E-state index contributed by atoms with van der Waals surface area (Å²) in [6.45, 7) is 5.66. The number of ether oxygens (including phenoxy) is 1. The maximum Gasteiger partial charge on any atom is 0.237 e. The Labute approximate surface area is 203 Å². The van der Waals surface area contributed by atoms with Crippen molar-refractivity contribution in [2.75, 3.05) is 11.8 Å². The van der Waals surface area contributed by atoms with E-state index in [4.69, 9.17) is 20.9 Å². The quantitative estimate of drug-likeness (QED) is 0.363. The van der Waals surface area contributed by atoms with E-state index < -0.39 is 11.0 Å². The van der Waals surface area contributed by atoms with Gasteiger partial charge in [0, 0.05) is 30.4 Å². The number of rotatable bonds is 9. The highest BCUT2D eigenvalue weighted by Crippen LogP contribution is 2.29. The average molecular weight is 503 g/mol. The van der Waals surface area contributed by atoms with Crippen molar-refractivity contribution in [3.8, 4) is 17.4 Å². The van der Waals surface area contributed by atoms with Crippen LogP contribution in [0.4, 0.5) is 5.95 Å². The van der Waals surface area contributed by atoms with E-state index in [1.807, 2.05) is 26.8 Å². The molecule has 11 nitrogen and oxygen atoms in total. The van der Waals surface area contributed by atoms with E-state index in [9.17, 15) is 4.21 Å². The zero-order valence-electron chi connectivity index (χ0n) is 18.9. The predicted molar refractivity (Wildman–Crippen MR) is 127 cm³/mol. The fourth-order valence-corrected chi connectivity index (χ4v) is 4.36. The number of nitrogens with one attached hydrogen (secondary N) is 1. The van der Waals surface area contributed by atoms with Crippen molar-refractivity contribution in [1.82, 2.24) is 34.9 Å². The van der Waals surface area contributed by atoms with E-state index >= 15 is 0 Å². The zero-order valence-corrected chi connectivity index (χ0v) is 20.5. The van der Waals surface area contributed by atoms with Gasteiger partial charge >= 0.3 is 0 Å². The molecule has 4 heterocycles. The van der Waals surface area contributed by atoms with Crippen molar-refractivity contribution in [1.29, 1.82) is 0 Å². The molecule has 0 saturated heterocycles. The molecule has 4 aromatic heterocycles. The van der Waals surface area contributed by atoms with E-state index in [1.165, 1.54) is 25.8 Å². The van der Waals surface area contributed by atoms with Crippen molar-refractivity contribution < 1.29 is 13.5 Å². The van der Waals surface area contributed by atoms with Gasteiger partial charge in [0.05, 0.1) is 23.4 Å². The van der Waals surface area contributed by atoms with Crippen LogP contribution in [-0.4, -0.2) is 51.4 Å². The Kier molecular flexibility index (Phi) is 7.17. The van der Waals surface area contributed by atoms with Crippen molar-refractivity contribution in [3.05, 3.63) is 59.5 Å². The molecule has 4 aromatic rings. The van der Waals surface area contributed by atoms with E-state index in [1.54, 1.807) is 22.8 Å². The molecule has 0 saturated carbocycles. The lowest BCUT2D eigenvalue weighted by Gasteiger charge is -2.20. The van der Waals surface area contributed by atoms with Crippen LogP contribution in [0.3, 0.4) is 0 Å². The SMILES string of the molecule is COc1cccc(-c2nnc(NS(=O)C(C)C(C)c3ncc(Cl)cn3)n2C(C)c2ccon2)n1. The van der Waals surface area contributed by atoms with E-state index in [-0.39, 0.29) is 17.2 Å². The number of aromatic nitrogens is 7. The standard InChI is InChI=1S/C21H23ClN8O3S/c1-12(19-23-10-15(22)11-24-19)14(3)34(31)29-21-27-26-20(17-6-5-7-18(25-17)32-4)30(21)13(2)16-8-9-33-28-16/h5-14H,1-4H3,(H,27,29). The monoisotopic (exact) mass is 502 g/mol. The Bertz CT molecular complexity index is 1270. The van der Waals surface area contributed by atoms with Gasteiger partial charge in [-0.15, -0.1) is 10.2 Å². The predicted octanol–water partition coefficient (Wildman–Crippen LogP) is 3.66. The Morgan fingerprint density at radius 2 is 1.91 bits per heavy atom. The highest BCUT2D eigenvalue weighted by Gasteiger charge is 2.27. The van der Waals surface area contributed by atoms with Gasteiger partial charge in [-0.3, -0.25) is 9.29 Å². The van der Waals surface area contributed by atoms with Gasteiger partial charge in [0.2, 0.25) is 11.8 Å². The molecule has 0 radical (unpaired) electrons. The molecule has 0 aliphatic heterocycles. The molecule has 4 rings (SSSR count). The van der Waals surface area contributed by atoms with Gasteiger partial charge in [-0.05, 0) is 19.9 Å². The summed E-state index contributed by atoms with van der Waals surface area (Å²) >= 11 is 5.89. The van der Waals surface area contributed by atoms with Crippen molar-refractivity contribution in [2.45, 2.75) is 38.0 Å². The maximum absolute atomic E-state index is 13.3. The highest BCUT2D eigenvalue weighted by atomic mass is 35.5. The third-order valence-electron chi connectivity index (χ3n) is 5.41. The minimum absolute atomic E-state index is 0.213. The van der Waals surface area contributed by atoms with Crippen LogP contribution >= 0.6 is 11.6 Å². The summed E-state index contributed by atoms with van der Waals surface area (Å²) in [6, 6.07) is 6.74. The van der Waals surface area contributed by atoms with Crippen molar-refractivity contribution in [2.24, 2.45) is 0 Å². The number of hydrogen-bond acceptors (Lipinski definition) is 9. The van der Waals surface area contributed by atoms with Crippen LogP contribution in [-0.2, 0) is 11.0 Å². The lowest BCUT2D eigenvalue weighted by molar-refractivity contribution is 0.397. The molecule has 0 spiro atoms. The fraction of sp³-hybridized carbons (Fsp3) is 0.333. The number of methoxy groups -OCH3 is 1. The molecule has 13 heteroatoms. The first-order valence-corrected chi connectivity index (χ1v) is 12.0. The molecule has 4 atom stereocenters. The first-order chi connectivity index (χ1) is 16.4. The molecule has 0 amide bonds. The molecular formula is C21H23ClN8O3S. The van der Waals surface area contributed by atoms with Crippen LogP contribution in [0.15, 0.2) is 47.4 Å². The molecule has 0 bridgehead atoms. The molecule has 0 aliphatic carbocycles. The maximum atomic E-state index is 13.3. The van der Waals surface area contributed by atoms with Crippen LogP contribution in [0.5, 0.6) is 5.88 Å². The van der Waals surface area contributed by atoms with Gasteiger partial charge in [-0.1, -0.05) is 29.7 Å². The van der Waals surface area contributed by atoms with Gasteiger partial charge in [0.25, 0.3) is 0 Å². The van der Waals surface area contributed by atoms with Gasteiger partial charge < -0.3 is 9.26 Å². The van der Waals surface area contributed by atoms with Crippen LogP contribution in [0, 0.1) is 0 Å². The molecule has 178 valence electrons. The highest BCUT2D eigenvalue weighted by molar-refractivity contribution is 7.87. The molecule has 0 fully saturated rings. The first-order valence-electron chi connectivity index (χ1n) is 10.4. The number of anilines is 1. The Morgan fingerprint density at radius 3 is 2.59 bits per heavy atom. The second kappa shape index (κ2) is 10.3. The summed E-state index contributed by atoms with van der Waals surface area (Å²) in [5.74, 6) is 1.52. The minimum atomic E-state index is -1.55. The van der Waals surface area contributed by atoms with Gasteiger partial charge in [0.1, 0.15) is 34.5 Å². The minimum Gasteiger partial charge on any atom is -0.481 e. The van der Waals surface area contributed by atoms with Gasteiger partial charge in [0.15, 0.2) is 5.82 Å².